The van der Waals surface area contributed by atoms with E-state index in [1.807, 2.05) is 13.0 Å². The SMILES string of the molecule is CCCC(CC)Nc1ccnc(C)n1. The van der Waals surface area contributed by atoms with Crippen LogP contribution in [0.25, 0.3) is 0 Å². The predicted molar refractivity (Wildman–Crippen MR) is 59.4 cm³/mol. The Kier molecular flexibility index (Phi) is 4.36. The first kappa shape index (κ1) is 11.0. The molecular formula is C11H19N3. The number of hydrogen-bond donors (Lipinski definition) is 1. The fourth-order valence-corrected chi connectivity index (χ4v) is 1.47. The van der Waals surface area contributed by atoms with Crippen molar-refractivity contribution in [3.63, 3.8) is 0 Å². The molecule has 0 saturated carbocycles. The van der Waals surface area contributed by atoms with Crippen LogP contribution in [0.15, 0.2) is 12.3 Å². The van der Waals surface area contributed by atoms with Crippen LogP contribution >= 0.6 is 0 Å². The molecule has 14 heavy (non-hydrogen) atoms. The van der Waals surface area contributed by atoms with Crippen LogP contribution in [0.3, 0.4) is 0 Å². The van der Waals surface area contributed by atoms with Crippen LogP contribution in [0.1, 0.15) is 38.9 Å². The third kappa shape index (κ3) is 3.32. The van der Waals surface area contributed by atoms with Crippen LogP contribution < -0.4 is 5.32 Å². The standard InChI is InChI=1S/C11H19N3/c1-4-6-10(5-2)14-11-7-8-12-9(3)13-11/h7-8,10H,4-6H2,1-3H3,(H,12,13,14). The summed E-state index contributed by atoms with van der Waals surface area (Å²) in [6, 6.07) is 2.46. The summed E-state index contributed by atoms with van der Waals surface area (Å²) in [5, 5.41) is 3.42. The Labute approximate surface area is 86.0 Å². The molecule has 0 bridgehead atoms. The van der Waals surface area contributed by atoms with Crippen LogP contribution in [0.4, 0.5) is 5.82 Å². The maximum absolute atomic E-state index is 4.32. The Morgan fingerprint density at radius 1 is 1.43 bits per heavy atom. The maximum Gasteiger partial charge on any atom is 0.129 e. The normalized spacial score (nSPS) is 12.5. The van der Waals surface area contributed by atoms with Gasteiger partial charge in [0.15, 0.2) is 0 Å². The lowest BCUT2D eigenvalue weighted by Crippen LogP contribution is -2.18. The zero-order chi connectivity index (χ0) is 10.4. The van der Waals surface area contributed by atoms with Gasteiger partial charge in [-0.25, -0.2) is 9.97 Å². The highest BCUT2D eigenvalue weighted by Crippen LogP contribution is 2.09. The maximum atomic E-state index is 4.32. The third-order valence-corrected chi connectivity index (χ3v) is 2.26. The predicted octanol–water partition coefficient (Wildman–Crippen LogP) is 2.78. The van der Waals surface area contributed by atoms with Gasteiger partial charge in [0.05, 0.1) is 0 Å². The van der Waals surface area contributed by atoms with E-state index in [0.29, 0.717) is 6.04 Å². The van der Waals surface area contributed by atoms with Crippen molar-refractivity contribution >= 4 is 5.82 Å². The van der Waals surface area contributed by atoms with Crippen LogP contribution in [-0.4, -0.2) is 16.0 Å². The largest absolute Gasteiger partial charge is 0.367 e. The molecule has 0 aliphatic rings. The number of nitrogens with zero attached hydrogens (tertiary/aromatic N) is 2. The van der Waals surface area contributed by atoms with Crippen LogP contribution in [-0.2, 0) is 0 Å². The molecule has 1 aromatic rings. The first-order chi connectivity index (χ1) is 6.76. The van der Waals surface area contributed by atoms with Crippen molar-refractivity contribution in [2.75, 3.05) is 5.32 Å². The van der Waals surface area contributed by atoms with Gasteiger partial charge in [-0.3, -0.25) is 0 Å². The summed E-state index contributed by atoms with van der Waals surface area (Å²) >= 11 is 0. The van der Waals surface area contributed by atoms with Crippen molar-refractivity contribution in [3.8, 4) is 0 Å². The second-order valence-corrected chi connectivity index (χ2v) is 3.53. The first-order valence-electron chi connectivity index (χ1n) is 5.32. The minimum Gasteiger partial charge on any atom is -0.367 e. The van der Waals surface area contributed by atoms with Crippen molar-refractivity contribution in [3.05, 3.63) is 18.1 Å². The minimum atomic E-state index is 0.536. The minimum absolute atomic E-state index is 0.536. The highest BCUT2D eigenvalue weighted by atomic mass is 15.0. The molecule has 0 aromatic carbocycles. The topological polar surface area (TPSA) is 37.8 Å². The molecule has 1 heterocycles. The number of anilines is 1. The zero-order valence-corrected chi connectivity index (χ0v) is 9.25. The van der Waals surface area contributed by atoms with Crippen molar-refractivity contribution in [2.24, 2.45) is 0 Å². The summed E-state index contributed by atoms with van der Waals surface area (Å²) in [5.41, 5.74) is 0. The molecule has 0 aliphatic carbocycles. The molecule has 3 heteroatoms. The lowest BCUT2D eigenvalue weighted by molar-refractivity contribution is 0.620. The van der Waals surface area contributed by atoms with E-state index in [9.17, 15) is 0 Å². The second-order valence-electron chi connectivity index (χ2n) is 3.53. The van der Waals surface area contributed by atoms with E-state index in [2.05, 4.69) is 29.1 Å². The molecular weight excluding hydrogens is 174 g/mol. The van der Waals surface area contributed by atoms with Gasteiger partial charge >= 0.3 is 0 Å². The molecule has 78 valence electrons. The van der Waals surface area contributed by atoms with Crippen molar-refractivity contribution in [1.29, 1.82) is 0 Å². The molecule has 1 rings (SSSR count). The molecule has 0 saturated heterocycles. The molecule has 1 aromatic heterocycles. The van der Waals surface area contributed by atoms with Gasteiger partial charge in [-0.1, -0.05) is 20.3 Å². The number of nitrogens with one attached hydrogen (secondary N) is 1. The van der Waals surface area contributed by atoms with Crippen molar-refractivity contribution in [2.45, 2.75) is 46.1 Å². The highest BCUT2D eigenvalue weighted by Gasteiger charge is 2.05. The van der Waals surface area contributed by atoms with Gasteiger partial charge in [0, 0.05) is 12.2 Å². The van der Waals surface area contributed by atoms with Gasteiger partial charge in [0.2, 0.25) is 0 Å². The fourth-order valence-electron chi connectivity index (χ4n) is 1.47. The van der Waals surface area contributed by atoms with E-state index in [1.165, 1.54) is 12.8 Å². The van der Waals surface area contributed by atoms with Crippen LogP contribution in [0.2, 0.25) is 0 Å². The van der Waals surface area contributed by atoms with E-state index >= 15 is 0 Å². The van der Waals surface area contributed by atoms with Gasteiger partial charge in [0.25, 0.3) is 0 Å². The van der Waals surface area contributed by atoms with Gasteiger partial charge in [-0.2, -0.15) is 0 Å². The van der Waals surface area contributed by atoms with Crippen molar-refractivity contribution < 1.29 is 0 Å². The Morgan fingerprint density at radius 2 is 2.21 bits per heavy atom. The van der Waals surface area contributed by atoms with E-state index in [-0.39, 0.29) is 0 Å². The zero-order valence-electron chi connectivity index (χ0n) is 9.25. The summed E-state index contributed by atoms with van der Waals surface area (Å²) in [6.07, 6.45) is 5.33. The molecule has 3 nitrogen and oxygen atoms in total. The van der Waals surface area contributed by atoms with E-state index < -0.39 is 0 Å². The van der Waals surface area contributed by atoms with Crippen LogP contribution in [0.5, 0.6) is 0 Å². The molecule has 1 N–H and O–H groups in total. The number of aryl methyl sites for hydroxylation is 1. The van der Waals surface area contributed by atoms with Gasteiger partial charge in [0.1, 0.15) is 11.6 Å². The molecule has 1 atom stereocenters. The Balaban J connectivity index is 2.57. The van der Waals surface area contributed by atoms with E-state index in [1.54, 1.807) is 6.20 Å². The lowest BCUT2D eigenvalue weighted by Gasteiger charge is -2.16. The highest BCUT2D eigenvalue weighted by molar-refractivity contribution is 5.33. The quantitative estimate of drug-likeness (QED) is 0.781. The molecule has 0 aliphatic heterocycles. The van der Waals surface area contributed by atoms with E-state index in [4.69, 9.17) is 0 Å². The second kappa shape index (κ2) is 5.58. The lowest BCUT2D eigenvalue weighted by atomic mass is 10.1. The van der Waals surface area contributed by atoms with Gasteiger partial charge in [-0.15, -0.1) is 0 Å². The number of rotatable bonds is 5. The average Bonchev–Trinajstić information content (AvgIpc) is 2.17. The Bertz CT molecular complexity index is 273. The Morgan fingerprint density at radius 3 is 2.79 bits per heavy atom. The summed E-state index contributed by atoms with van der Waals surface area (Å²) in [5.74, 6) is 1.76. The van der Waals surface area contributed by atoms with Crippen molar-refractivity contribution in [1.82, 2.24) is 9.97 Å². The number of hydrogen-bond acceptors (Lipinski definition) is 3. The fraction of sp³-hybridized carbons (Fsp3) is 0.636. The molecule has 0 amide bonds. The smallest absolute Gasteiger partial charge is 0.129 e. The molecule has 1 unspecified atom stereocenters. The summed E-state index contributed by atoms with van der Waals surface area (Å²) < 4.78 is 0. The molecule has 0 radical (unpaired) electrons. The summed E-state index contributed by atoms with van der Waals surface area (Å²) in [7, 11) is 0. The van der Waals surface area contributed by atoms with Gasteiger partial charge in [-0.05, 0) is 25.8 Å². The van der Waals surface area contributed by atoms with Crippen LogP contribution in [0, 0.1) is 6.92 Å². The van der Waals surface area contributed by atoms with E-state index in [0.717, 1.165) is 18.1 Å². The molecule has 0 spiro atoms. The average molecular weight is 193 g/mol. The molecule has 0 fully saturated rings. The number of aromatic nitrogens is 2. The Hall–Kier alpha value is -1.12. The van der Waals surface area contributed by atoms with Gasteiger partial charge < -0.3 is 5.32 Å². The first-order valence-corrected chi connectivity index (χ1v) is 5.32. The monoisotopic (exact) mass is 193 g/mol. The third-order valence-electron chi connectivity index (χ3n) is 2.26. The summed E-state index contributed by atoms with van der Waals surface area (Å²) in [6.45, 7) is 6.31. The summed E-state index contributed by atoms with van der Waals surface area (Å²) in [4.78, 5) is 8.39.